The zero-order valence-corrected chi connectivity index (χ0v) is 12.1. The highest BCUT2D eigenvalue weighted by Crippen LogP contribution is 2.34. The smallest absolute Gasteiger partial charge is 0.161 e. The van der Waals surface area contributed by atoms with Crippen LogP contribution in [0.2, 0.25) is 0 Å². The fourth-order valence-corrected chi connectivity index (χ4v) is 2.12. The molecule has 0 aliphatic rings. The Morgan fingerprint density at radius 1 is 1.11 bits per heavy atom. The van der Waals surface area contributed by atoms with Crippen LogP contribution in [0.5, 0.6) is 11.5 Å². The zero-order valence-electron chi connectivity index (χ0n) is 12.1. The van der Waals surface area contributed by atoms with Crippen molar-refractivity contribution >= 4 is 0 Å². The normalized spacial score (nSPS) is 13.9. The van der Waals surface area contributed by atoms with Crippen LogP contribution in [0.1, 0.15) is 39.2 Å². The monoisotopic (exact) mass is 267 g/mol. The Morgan fingerprint density at radius 3 is 2.26 bits per heavy atom. The summed E-state index contributed by atoms with van der Waals surface area (Å²) in [4.78, 5) is 0. The van der Waals surface area contributed by atoms with Crippen LogP contribution in [-0.4, -0.2) is 24.9 Å². The number of nitrogens with two attached hydrogens (primary N) is 1. The van der Waals surface area contributed by atoms with Gasteiger partial charge in [0, 0.05) is 6.54 Å². The first kappa shape index (κ1) is 15.8. The molecular weight excluding hydrogens is 242 g/mol. The Bertz CT molecular complexity index is 395. The minimum absolute atomic E-state index is 0.195. The predicted octanol–water partition coefficient (Wildman–Crippen LogP) is 2.43. The summed E-state index contributed by atoms with van der Waals surface area (Å²) in [7, 11) is 0. The molecule has 0 bridgehead atoms. The maximum absolute atomic E-state index is 10.6. The summed E-state index contributed by atoms with van der Waals surface area (Å²) in [5.74, 6) is 1.36. The molecule has 0 fully saturated rings. The van der Waals surface area contributed by atoms with Crippen molar-refractivity contribution in [2.45, 2.75) is 39.2 Å². The first-order valence-electron chi connectivity index (χ1n) is 6.93. The highest BCUT2D eigenvalue weighted by molar-refractivity contribution is 5.44. The number of aliphatic hydroxyl groups is 1. The van der Waals surface area contributed by atoms with E-state index in [4.69, 9.17) is 15.2 Å². The van der Waals surface area contributed by atoms with Gasteiger partial charge in [-0.2, -0.15) is 0 Å². The van der Waals surface area contributed by atoms with Gasteiger partial charge in [0.2, 0.25) is 0 Å². The van der Waals surface area contributed by atoms with Gasteiger partial charge in [0.1, 0.15) is 5.60 Å². The van der Waals surface area contributed by atoms with Crippen molar-refractivity contribution in [2.24, 2.45) is 5.73 Å². The fraction of sp³-hybridized carbons (Fsp3) is 0.600. The van der Waals surface area contributed by atoms with Crippen LogP contribution in [0.3, 0.4) is 0 Å². The van der Waals surface area contributed by atoms with Crippen LogP contribution in [0.25, 0.3) is 0 Å². The molecule has 1 atom stereocenters. The summed E-state index contributed by atoms with van der Waals surface area (Å²) >= 11 is 0. The van der Waals surface area contributed by atoms with Crippen LogP contribution in [-0.2, 0) is 5.60 Å². The molecule has 19 heavy (non-hydrogen) atoms. The minimum Gasteiger partial charge on any atom is -0.490 e. The molecule has 0 heterocycles. The molecule has 0 aromatic heterocycles. The lowest BCUT2D eigenvalue weighted by atomic mass is 9.89. The van der Waals surface area contributed by atoms with Gasteiger partial charge >= 0.3 is 0 Å². The molecule has 0 saturated heterocycles. The summed E-state index contributed by atoms with van der Waals surface area (Å²) in [5.41, 5.74) is 5.51. The summed E-state index contributed by atoms with van der Waals surface area (Å²) in [6, 6.07) is 5.52. The summed E-state index contributed by atoms with van der Waals surface area (Å²) in [5, 5.41) is 10.6. The maximum atomic E-state index is 10.6. The number of ether oxygens (including phenoxy) is 2. The molecule has 0 aliphatic heterocycles. The SMILES string of the molecule is CCCC(O)(CN)c1ccc(OCC)c(OCC)c1. The van der Waals surface area contributed by atoms with Crippen LogP contribution >= 0.6 is 0 Å². The van der Waals surface area contributed by atoms with Crippen LogP contribution in [0.15, 0.2) is 18.2 Å². The Hall–Kier alpha value is -1.26. The lowest BCUT2D eigenvalue weighted by Crippen LogP contribution is -2.34. The third kappa shape index (κ3) is 3.85. The molecule has 1 aromatic rings. The molecule has 108 valence electrons. The first-order valence-corrected chi connectivity index (χ1v) is 6.93. The molecule has 1 aromatic carbocycles. The highest BCUT2D eigenvalue weighted by atomic mass is 16.5. The Morgan fingerprint density at radius 2 is 1.74 bits per heavy atom. The summed E-state index contributed by atoms with van der Waals surface area (Å²) < 4.78 is 11.1. The van der Waals surface area contributed by atoms with E-state index in [1.165, 1.54) is 0 Å². The fourth-order valence-electron chi connectivity index (χ4n) is 2.12. The van der Waals surface area contributed by atoms with E-state index in [0.717, 1.165) is 12.0 Å². The average Bonchev–Trinajstić information content (AvgIpc) is 2.41. The van der Waals surface area contributed by atoms with E-state index in [9.17, 15) is 5.11 Å². The van der Waals surface area contributed by atoms with Gasteiger partial charge in [0.25, 0.3) is 0 Å². The van der Waals surface area contributed by atoms with E-state index in [1.54, 1.807) is 0 Å². The standard InChI is InChI=1S/C15H25NO3/c1-4-9-15(17,11-16)12-7-8-13(18-5-2)14(10-12)19-6-3/h7-8,10,17H,4-6,9,11,16H2,1-3H3. The van der Waals surface area contributed by atoms with Gasteiger partial charge in [-0.3, -0.25) is 0 Å². The van der Waals surface area contributed by atoms with Crippen molar-refractivity contribution in [3.63, 3.8) is 0 Å². The lowest BCUT2D eigenvalue weighted by molar-refractivity contribution is 0.0356. The molecule has 4 nitrogen and oxygen atoms in total. The van der Waals surface area contributed by atoms with Gasteiger partial charge in [-0.25, -0.2) is 0 Å². The van der Waals surface area contributed by atoms with Crippen LogP contribution < -0.4 is 15.2 Å². The largest absolute Gasteiger partial charge is 0.490 e. The molecular formula is C15H25NO3. The van der Waals surface area contributed by atoms with E-state index in [1.807, 2.05) is 39.0 Å². The number of hydrogen-bond donors (Lipinski definition) is 2. The maximum Gasteiger partial charge on any atom is 0.161 e. The van der Waals surface area contributed by atoms with Crippen molar-refractivity contribution in [2.75, 3.05) is 19.8 Å². The van der Waals surface area contributed by atoms with E-state index < -0.39 is 5.60 Å². The number of rotatable bonds is 8. The Labute approximate surface area is 115 Å². The van der Waals surface area contributed by atoms with Crippen LogP contribution in [0, 0.1) is 0 Å². The van der Waals surface area contributed by atoms with Crippen molar-refractivity contribution in [1.29, 1.82) is 0 Å². The Balaban J connectivity index is 3.11. The molecule has 0 saturated carbocycles. The first-order chi connectivity index (χ1) is 9.11. The quantitative estimate of drug-likeness (QED) is 0.759. The third-order valence-electron chi connectivity index (χ3n) is 3.08. The molecule has 1 unspecified atom stereocenters. The van der Waals surface area contributed by atoms with Gasteiger partial charge in [-0.15, -0.1) is 0 Å². The van der Waals surface area contributed by atoms with Crippen molar-refractivity contribution in [3.05, 3.63) is 23.8 Å². The molecule has 0 radical (unpaired) electrons. The van der Waals surface area contributed by atoms with Gasteiger partial charge in [-0.05, 0) is 38.0 Å². The number of hydrogen-bond acceptors (Lipinski definition) is 4. The predicted molar refractivity (Wildman–Crippen MR) is 76.6 cm³/mol. The van der Waals surface area contributed by atoms with E-state index in [-0.39, 0.29) is 6.54 Å². The number of benzene rings is 1. The third-order valence-corrected chi connectivity index (χ3v) is 3.08. The van der Waals surface area contributed by atoms with E-state index in [0.29, 0.717) is 31.1 Å². The van der Waals surface area contributed by atoms with Crippen molar-refractivity contribution < 1.29 is 14.6 Å². The molecule has 0 spiro atoms. The molecule has 0 amide bonds. The van der Waals surface area contributed by atoms with E-state index >= 15 is 0 Å². The average molecular weight is 267 g/mol. The highest BCUT2D eigenvalue weighted by Gasteiger charge is 2.27. The lowest BCUT2D eigenvalue weighted by Gasteiger charge is -2.27. The van der Waals surface area contributed by atoms with E-state index in [2.05, 4.69) is 0 Å². The van der Waals surface area contributed by atoms with Crippen molar-refractivity contribution in [1.82, 2.24) is 0 Å². The Kier molecular flexibility index (Phi) is 6.12. The second kappa shape index (κ2) is 7.36. The topological polar surface area (TPSA) is 64.7 Å². The molecule has 4 heteroatoms. The summed E-state index contributed by atoms with van der Waals surface area (Å²) in [6.07, 6.45) is 1.49. The van der Waals surface area contributed by atoms with Gasteiger partial charge in [0.15, 0.2) is 11.5 Å². The molecule has 3 N–H and O–H groups in total. The van der Waals surface area contributed by atoms with Crippen LogP contribution in [0.4, 0.5) is 0 Å². The van der Waals surface area contributed by atoms with Gasteiger partial charge in [0.05, 0.1) is 13.2 Å². The minimum atomic E-state index is -0.995. The van der Waals surface area contributed by atoms with Crippen molar-refractivity contribution in [3.8, 4) is 11.5 Å². The second-order valence-electron chi connectivity index (χ2n) is 4.51. The summed E-state index contributed by atoms with van der Waals surface area (Å²) in [6.45, 7) is 7.20. The van der Waals surface area contributed by atoms with Gasteiger partial charge < -0.3 is 20.3 Å². The second-order valence-corrected chi connectivity index (χ2v) is 4.51. The van der Waals surface area contributed by atoms with Gasteiger partial charge in [-0.1, -0.05) is 19.4 Å². The zero-order chi connectivity index (χ0) is 14.3. The molecule has 0 aliphatic carbocycles. The molecule has 1 rings (SSSR count).